The fraction of sp³-hybridized carbons (Fsp3) is 1.00. The van der Waals surface area contributed by atoms with Gasteiger partial charge in [-0.2, -0.15) is 0 Å². The Hall–Kier alpha value is -0.160. The zero-order valence-corrected chi connectivity index (χ0v) is 11.8. The molecule has 18 heavy (non-hydrogen) atoms. The molecule has 3 unspecified atom stereocenters. The smallest absolute Gasteiger partial charge is 0.0700 e. The average Bonchev–Trinajstić information content (AvgIpc) is 2.90. The number of hydrogen-bond donors (Lipinski definition) is 2. The van der Waals surface area contributed by atoms with Crippen LogP contribution in [0.3, 0.4) is 0 Å². The van der Waals surface area contributed by atoms with Crippen LogP contribution in [0.15, 0.2) is 0 Å². The maximum Gasteiger partial charge on any atom is 0.0700 e. The largest absolute Gasteiger partial charge is 0.377 e. The van der Waals surface area contributed by atoms with Crippen LogP contribution in [-0.4, -0.2) is 43.5 Å². The summed E-state index contributed by atoms with van der Waals surface area (Å²) in [6.45, 7) is 7.71. The summed E-state index contributed by atoms with van der Waals surface area (Å²) < 4.78 is 11.6. The quantitative estimate of drug-likeness (QED) is 0.781. The highest BCUT2D eigenvalue weighted by Crippen LogP contribution is 2.34. The van der Waals surface area contributed by atoms with Gasteiger partial charge in [0.1, 0.15) is 0 Å². The molecule has 0 aromatic heterocycles. The molecule has 2 saturated heterocycles. The van der Waals surface area contributed by atoms with Crippen molar-refractivity contribution in [3.05, 3.63) is 0 Å². The summed E-state index contributed by atoms with van der Waals surface area (Å²) in [5.41, 5.74) is 6.05. The third kappa shape index (κ3) is 3.23. The minimum absolute atomic E-state index is 0.0266. The molecule has 0 amide bonds. The molecule has 0 radical (unpaired) electrons. The van der Waals surface area contributed by atoms with Crippen molar-refractivity contribution in [2.24, 2.45) is 5.73 Å². The maximum atomic E-state index is 6.04. The van der Waals surface area contributed by atoms with Crippen LogP contribution in [0.1, 0.15) is 46.0 Å². The lowest BCUT2D eigenvalue weighted by atomic mass is 9.79. The van der Waals surface area contributed by atoms with Gasteiger partial charge in [0.25, 0.3) is 0 Å². The second-order valence-corrected chi connectivity index (χ2v) is 6.08. The average molecular weight is 256 g/mol. The van der Waals surface area contributed by atoms with Crippen molar-refractivity contribution in [1.29, 1.82) is 0 Å². The van der Waals surface area contributed by atoms with E-state index < -0.39 is 0 Å². The predicted molar refractivity (Wildman–Crippen MR) is 72.6 cm³/mol. The molecule has 2 rings (SSSR count). The van der Waals surface area contributed by atoms with E-state index in [1.54, 1.807) is 0 Å². The Morgan fingerprint density at radius 2 is 2.22 bits per heavy atom. The van der Waals surface area contributed by atoms with Crippen molar-refractivity contribution in [3.63, 3.8) is 0 Å². The monoisotopic (exact) mass is 256 g/mol. The summed E-state index contributed by atoms with van der Waals surface area (Å²) in [5, 5.41) is 3.69. The first-order valence-corrected chi connectivity index (χ1v) is 7.32. The van der Waals surface area contributed by atoms with Gasteiger partial charge in [0.15, 0.2) is 0 Å². The molecule has 0 spiro atoms. The molecule has 4 heteroatoms. The highest BCUT2D eigenvalue weighted by molar-refractivity contribution is 4.99. The highest BCUT2D eigenvalue weighted by atomic mass is 16.5. The van der Waals surface area contributed by atoms with Crippen LogP contribution in [0.25, 0.3) is 0 Å². The molecule has 0 aliphatic carbocycles. The lowest BCUT2D eigenvalue weighted by Crippen LogP contribution is -2.60. The van der Waals surface area contributed by atoms with Gasteiger partial charge in [-0.25, -0.2) is 0 Å². The van der Waals surface area contributed by atoms with Gasteiger partial charge in [0, 0.05) is 31.8 Å². The van der Waals surface area contributed by atoms with Crippen molar-refractivity contribution in [2.75, 3.05) is 26.3 Å². The number of ether oxygens (including phenoxy) is 2. The summed E-state index contributed by atoms with van der Waals surface area (Å²) in [6, 6.07) is 0. The second kappa shape index (κ2) is 5.87. The Morgan fingerprint density at radius 1 is 1.39 bits per heavy atom. The van der Waals surface area contributed by atoms with Crippen molar-refractivity contribution >= 4 is 0 Å². The molecule has 2 fully saturated rings. The molecular formula is C14H28N2O2. The van der Waals surface area contributed by atoms with Crippen LogP contribution in [0.5, 0.6) is 0 Å². The minimum Gasteiger partial charge on any atom is -0.377 e. The van der Waals surface area contributed by atoms with Gasteiger partial charge in [0.05, 0.1) is 11.7 Å². The fourth-order valence-electron chi connectivity index (χ4n) is 3.11. The van der Waals surface area contributed by atoms with Gasteiger partial charge in [-0.05, 0) is 39.0 Å². The van der Waals surface area contributed by atoms with Crippen molar-refractivity contribution < 1.29 is 9.47 Å². The van der Waals surface area contributed by atoms with Crippen molar-refractivity contribution in [2.45, 2.75) is 63.2 Å². The van der Waals surface area contributed by atoms with E-state index in [4.69, 9.17) is 15.2 Å². The molecule has 106 valence electrons. The molecule has 3 atom stereocenters. The van der Waals surface area contributed by atoms with Gasteiger partial charge >= 0.3 is 0 Å². The molecule has 3 N–H and O–H groups in total. The van der Waals surface area contributed by atoms with E-state index in [1.807, 2.05) is 0 Å². The molecule has 0 saturated carbocycles. The molecule has 0 aromatic rings. The van der Waals surface area contributed by atoms with E-state index in [-0.39, 0.29) is 11.1 Å². The summed E-state index contributed by atoms with van der Waals surface area (Å²) in [4.78, 5) is 0. The lowest BCUT2D eigenvalue weighted by Gasteiger charge is -2.46. The van der Waals surface area contributed by atoms with Crippen LogP contribution in [0, 0.1) is 0 Å². The second-order valence-electron chi connectivity index (χ2n) is 6.08. The van der Waals surface area contributed by atoms with Crippen LogP contribution >= 0.6 is 0 Å². The molecule has 0 aromatic carbocycles. The number of hydrogen-bond acceptors (Lipinski definition) is 4. The Kier molecular flexibility index (Phi) is 4.64. The Balaban J connectivity index is 1.91. The molecule has 2 heterocycles. The van der Waals surface area contributed by atoms with E-state index in [9.17, 15) is 0 Å². The number of nitrogens with two attached hydrogens (primary N) is 1. The summed E-state index contributed by atoms with van der Waals surface area (Å²) >= 11 is 0. The maximum absolute atomic E-state index is 6.04. The van der Waals surface area contributed by atoms with Gasteiger partial charge in [-0.15, -0.1) is 0 Å². The van der Waals surface area contributed by atoms with E-state index in [1.165, 1.54) is 12.8 Å². The number of nitrogens with one attached hydrogen (secondary N) is 1. The van der Waals surface area contributed by atoms with Gasteiger partial charge in [0.2, 0.25) is 0 Å². The Bertz CT molecular complexity index is 269. The van der Waals surface area contributed by atoms with Crippen LogP contribution in [0.2, 0.25) is 0 Å². The van der Waals surface area contributed by atoms with Crippen LogP contribution < -0.4 is 11.1 Å². The molecule has 2 aliphatic rings. The minimum atomic E-state index is -0.0266. The van der Waals surface area contributed by atoms with E-state index >= 15 is 0 Å². The zero-order valence-electron chi connectivity index (χ0n) is 11.8. The van der Waals surface area contributed by atoms with E-state index in [0.717, 1.165) is 39.0 Å². The summed E-state index contributed by atoms with van der Waals surface area (Å²) in [5.74, 6) is 0. The molecular weight excluding hydrogens is 228 g/mol. The van der Waals surface area contributed by atoms with E-state index in [2.05, 4.69) is 19.2 Å². The standard InChI is InChI=1S/C14H28N2O2/c1-3-13(2)10-14(11-15,6-8-18-13)16-9-12-5-4-7-17-12/h12,16H,3-11,15H2,1-2H3. The Morgan fingerprint density at radius 3 is 2.83 bits per heavy atom. The summed E-state index contributed by atoms with van der Waals surface area (Å²) in [6.07, 6.45) is 5.79. The first-order valence-electron chi connectivity index (χ1n) is 7.32. The van der Waals surface area contributed by atoms with Crippen molar-refractivity contribution in [3.8, 4) is 0 Å². The third-order valence-corrected chi connectivity index (χ3v) is 4.61. The summed E-state index contributed by atoms with van der Waals surface area (Å²) in [7, 11) is 0. The Labute approximate surface area is 111 Å². The first kappa shape index (κ1) is 14.3. The van der Waals surface area contributed by atoms with Gasteiger partial charge in [-0.1, -0.05) is 6.92 Å². The highest BCUT2D eigenvalue weighted by Gasteiger charge is 2.41. The topological polar surface area (TPSA) is 56.5 Å². The van der Waals surface area contributed by atoms with Crippen LogP contribution in [0.4, 0.5) is 0 Å². The first-order chi connectivity index (χ1) is 8.61. The van der Waals surface area contributed by atoms with Crippen LogP contribution in [-0.2, 0) is 9.47 Å². The number of rotatable bonds is 5. The SMILES string of the molecule is CCC1(C)CC(CN)(NCC2CCCO2)CCO1. The normalized spacial score (nSPS) is 41.2. The molecule has 2 aliphatic heterocycles. The third-order valence-electron chi connectivity index (χ3n) is 4.61. The van der Waals surface area contributed by atoms with Gasteiger partial charge in [-0.3, -0.25) is 0 Å². The fourth-order valence-corrected chi connectivity index (χ4v) is 3.11. The zero-order chi connectivity index (χ0) is 13.1. The van der Waals surface area contributed by atoms with E-state index in [0.29, 0.717) is 12.6 Å². The van der Waals surface area contributed by atoms with Crippen molar-refractivity contribution in [1.82, 2.24) is 5.32 Å². The van der Waals surface area contributed by atoms with Gasteiger partial charge < -0.3 is 20.5 Å². The predicted octanol–water partition coefficient (Wildman–Crippen LogP) is 1.43. The lowest BCUT2D eigenvalue weighted by molar-refractivity contribution is -0.101. The molecule has 4 nitrogen and oxygen atoms in total. The molecule has 0 bridgehead atoms.